The summed E-state index contributed by atoms with van der Waals surface area (Å²) in [5, 5.41) is 84.5. The maximum Gasteiger partial charge on any atom is 0.335 e. The number of rotatable bonds is 8. The minimum Gasteiger partial charge on any atom is -0.479 e. The molecule has 9 atom stereocenters. The summed E-state index contributed by atoms with van der Waals surface area (Å²) in [6, 6.07) is 0. The number of ether oxygens (including phenoxy) is 2. The van der Waals surface area contributed by atoms with E-state index in [4.69, 9.17) is 24.8 Å². The van der Waals surface area contributed by atoms with Crippen molar-refractivity contribution in [1.29, 1.82) is 0 Å². The van der Waals surface area contributed by atoms with Crippen LogP contribution in [0, 0.1) is 0 Å². The van der Waals surface area contributed by atoms with Gasteiger partial charge in [-0.15, -0.1) is 0 Å². The Balaban J connectivity index is 2.94. The lowest BCUT2D eigenvalue weighted by atomic mass is 9.98. The van der Waals surface area contributed by atoms with Gasteiger partial charge in [-0.1, -0.05) is 0 Å². The van der Waals surface area contributed by atoms with Crippen LogP contribution in [-0.4, -0.2) is 120 Å². The van der Waals surface area contributed by atoms with Gasteiger partial charge in [-0.25, -0.2) is 4.79 Å². The van der Waals surface area contributed by atoms with Crippen molar-refractivity contribution in [3.63, 3.8) is 0 Å². The van der Waals surface area contributed by atoms with Crippen molar-refractivity contribution in [3.8, 4) is 0 Å². The summed E-state index contributed by atoms with van der Waals surface area (Å²) < 4.78 is 9.98. The quantitative estimate of drug-likeness (QED) is 0.198. The van der Waals surface area contributed by atoms with E-state index in [1.54, 1.807) is 0 Å². The van der Waals surface area contributed by atoms with Crippen LogP contribution in [0.5, 0.6) is 0 Å². The Hall–Kier alpha value is -0.930. The molecule has 0 radical (unpaired) electrons. The molecule has 0 saturated carbocycles. The van der Waals surface area contributed by atoms with Crippen molar-refractivity contribution < 1.29 is 60.2 Å². The van der Waals surface area contributed by atoms with Crippen molar-refractivity contribution in [2.45, 2.75) is 55.1 Å². The molecule has 12 heteroatoms. The van der Waals surface area contributed by atoms with Crippen LogP contribution in [0.15, 0.2) is 0 Å². The Morgan fingerprint density at radius 3 is 2.08 bits per heavy atom. The first-order valence-electron chi connectivity index (χ1n) is 6.99. The molecule has 24 heavy (non-hydrogen) atoms. The number of hydrogen-bond acceptors (Lipinski definition) is 11. The van der Waals surface area contributed by atoms with E-state index >= 15 is 0 Å². The molecule has 1 fully saturated rings. The average molecular weight is 358 g/mol. The second-order valence-electron chi connectivity index (χ2n) is 5.32. The zero-order chi connectivity index (χ0) is 18.6. The average Bonchev–Trinajstić information content (AvgIpc) is 2.57. The number of aliphatic hydroxyl groups excluding tert-OH is 8. The van der Waals surface area contributed by atoms with Crippen molar-refractivity contribution in [2.24, 2.45) is 0 Å². The zero-order valence-corrected chi connectivity index (χ0v) is 12.4. The molecule has 1 rings (SSSR count). The summed E-state index contributed by atoms with van der Waals surface area (Å²) in [7, 11) is 0. The van der Waals surface area contributed by atoms with E-state index in [0.717, 1.165) is 0 Å². The van der Waals surface area contributed by atoms with E-state index in [1.165, 1.54) is 0 Å². The maximum atomic E-state index is 10.7. The molecule has 9 N–H and O–H groups in total. The smallest absolute Gasteiger partial charge is 0.335 e. The van der Waals surface area contributed by atoms with Gasteiger partial charge in [-0.2, -0.15) is 0 Å². The lowest BCUT2D eigenvalue weighted by molar-refractivity contribution is -0.326. The van der Waals surface area contributed by atoms with Gasteiger partial charge >= 0.3 is 5.97 Å². The SMILES string of the molecule is O=C(O)[C@@H](O)[C@@H](O)[C@@H](O[C@@H]1O[C@H](CO)[C@@H](O)[C@H](O)[C@@H]1O)[C@H](O)CO. The van der Waals surface area contributed by atoms with E-state index < -0.39 is 74.3 Å². The highest BCUT2D eigenvalue weighted by Gasteiger charge is 2.47. The molecule has 0 aromatic carbocycles. The van der Waals surface area contributed by atoms with Crippen molar-refractivity contribution in [2.75, 3.05) is 13.2 Å². The fraction of sp³-hybridized carbons (Fsp3) is 0.917. The van der Waals surface area contributed by atoms with Crippen LogP contribution in [0.25, 0.3) is 0 Å². The fourth-order valence-corrected chi connectivity index (χ4v) is 2.16. The van der Waals surface area contributed by atoms with Crippen LogP contribution in [0.3, 0.4) is 0 Å². The third-order valence-corrected chi connectivity index (χ3v) is 3.62. The number of aliphatic hydroxyl groups is 8. The van der Waals surface area contributed by atoms with Gasteiger partial charge in [-0.05, 0) is 0 Å². The molecular weight excluding hydrogens is 336 g/mol. The molecule has 0 unspecified atom stereocenters. The minimum atomic E-state index is -2.39. The molecule has 1 heterocycles. The second kappa shape index (κ2) is 8.96. The Kier molecular flexibility index (Phi) is 7.88. The van der Waals surface area contributed by atoms with Crippen LogP contribution < -0.4 is 0 Å². The largest absolute Gasteiger partial charge is 0.479 e. The third kappa shape index (κ3) is 4.58. The zero-order valence-electron chi connectivity index (χ0n) is 12.4. The predicted octanol–water partition coefficient (Wildman–Crippen LogP) is -5.67. The summed E-state index contributed by atoms with van der Waals surface area (Å²) in [5.41, 5.74) is 0. The normalized spacial score (nSPS) is 35.9. The number of carboxylic acid groups (broad SMARTS) is 1. The molecule has 1 aliphatic rings. The standard InChI is InChI=1S/C12H22O12/c13-1-3(15)10(7(18)8(19)11(21)22)24-12-9(20)6(17)5(16)4(2-14)23-12/h3-10,12-20H,1-2H2,(H,21,22)/t3-,4-,5-,6+,7-,8+,9+,10+,12+/m1/s1. The van der Waals surface area contributed by atoms with Crippen molar-refractivity contribution in [3.05, 3.63) is 0 Å². The number of carbonyl (C=O) groups is 1. The number of aliphatic carboxylic acids is 1. The van der Waals surface area contributed by atoms with Gasteiger partial charge in [0.25, 0.3) is 0 Å². The van der Waals surface area contributed by atoms with Crippen molar-refractivity contribution in [1.82, 2.24) is 0 Å². The van der Waals surface area contributed by atoms with E-state index in [-0.39, 0.29) is 0 Å². The fourth-order valence-electron chi connectivity index (χ4n) is 2.16. The Morgan fingerprint density at radius 2 is 1.62 bits per heavy atom. The molecule has 0 aromatic rings. The van der Waals surface area contributed by atoms with Crippen LogP contribution in [0.4, 0.5) is 0 Å². The van der Waals surface area contributed by atoms with Gasteiger partial charge in [-0.3, -0.25) is 0 Å². The van der Waals surface area contributed by atoms with Crippen molar-refractivity contribution >= 4 is 5.97 Å². The monoisotopic (exact) mass is 358 g/mol. The molecule has 0 bridgehead atoms. The summed E-state index contributed by atoms with van der Waals surface area (Å²) in [4.78, 5) is 10.7. The van der Waals surface area contributed by atoms with Gasteiger partial charge in [0.1, 0.15) is 42.7 Å². The third-order valence-electron chi connectivity index (χ3n) is 3.62. The summed E-state index contributed by atoms with van der Waals surface area (Å²) in [5.74, 6) is -1.84. The Bertz CT molecular complexity index is 403. The maximum absolute atomic E-state index is 10.7. The predicted molar refractivity (Wildman–Crippen MR) is 71.4 cm³/mol. The molecule has 0 aliphatic carbocycles. The van der Waals surface area contributed by atoms with Gasteiger partial charge in [0.2, 0.25) is 0 Å². The highest BCUT2D eigenvalue weighted by molar-refractivity contribution is 5.72. The Morgan fingerprint density at radius 1 is 1.04 bits per heavy atom. The van der Waals surface area contributed by atoms with Gasteiger partial charge < -0.3 is 55.4 Å². The molecule has 0 aromatic heterocycles. The first-order valence-corrected chi connectivity index (χ1v) is 6.99. The van der Waals surface area contributed by atoms with Crippen LogP contribution in [-0.2, 0) is 14.3 Å². The highest BCUT2D eigenvalue weighted by atomic mass is 16.7. The molecule has 1 saturated heterocycles. The molecule has 142 valence electrons. The van der Waals surface area contributed by atoms with Crippen LogP contribution in [0.2, 0.25) is 0 Å². The van der Waals surface area contributed by atoms with Gasteiger partial charge in [0, 0.05) is 0 Å². The first-order chi connectivity index (χ1) is 11.1. The summed E-state index contributed by atoms with van der Waals surface area (Å²) >= 11 is 0. The van der Waals surface area contributed by atoms with E-state index in [0.29, 0.717) is 0 Å². The number of carboxylic acids is 1. The molecule has 12 nitrogen and oxygen atoms in total. The van der Waals surface area contributed by atoms with E-state index in [2.05, 4.69) is 0 Å². The Labute approximate surface area is 135 Å². The van der Waals surface area contributed by atoms with E-state index in [1.807, 2.05) is 0 Å². The van der Waals surface area contributed by atoms with Gasteiger partial charge in [0.15, 0.2) is 12.4 Å². The van der Waals surface area contributed by atoms with Crippen LogP contribution >= 0.6 is 0 Å². The molecule has 0 spiro atoms. The van der Waals surface area contributed by atoms with E-state index in [9.17, 15) is 35.4 Å². The van der Waals surface area contributed by atoms with Crippen LogP contribution in [0.1, 0.15) is 0 Å². The topological polar surface area (TPSA) is 218 Å². The number of hydrogen-bond donors (Lipinski definition) is 9. The summed E-state index contributed by atoms with van der Waals surface area (Å²) in [6.45, 7) is -1.76. The molecule has 1 aliphatic heterocycles. The molecular formula is C12H22O12. The lowest BCUT2D eigenvalue weighted by Crippen LogP contribution is -2.61. The lowest BCUT2D eigenvalue weighted by Gasteiger charge is -2.42. The first kappa shape index (κ1) is 21.1. The van der Waals surface area contributed by atoms with Gasteiger partial charge in [0.05, 0.1) is 13.2 Å². The second-order valence-corrected chi connectivity index (χ2v) is 5.32. The molecule has 0 amide bonds. The summed E-state index contributed by atoms with van der Waals surface area (Å²) in [6.07, 6.45) is -16.9. The highest BCUT2D eigenvalue weighted by Crippen LogP contribution is 2.24. The minimum absolute atomic E-state index is 0.766.